The number of hydrogen-bond acceptors (Lipinski definition) is 3. The molecule has 8 heteroatoms. The maximum absolute atomic E-state index is 13.6. The summed E-state index contributed by atoms with van der Waals surface area (Å²) in [5, 5.41) is 9.43. The summed E-state index contributed by atoms with van der Waals surface area (Å²) in [4.78, 5) is 16.5. The van der Waals surface area contributed by atoms with Gasteiger partial charge in [0.25, 0.3) is 0 Å². The lowest BCUT2D eigenvalue weighted by Gasteiger charge is -2.23. The number of nitrogens with one attached hydrogen (secondary N) is 2. The first-order chi connectivity index (χ1) is 11.1. The van der Waals surface area contributed by atoms with Crippen molar-refractivity contribution in [3.05, 3.63) is 41.5 Å². The Kier molecular flexibility index (Phi) is 4.22. The molecule has 0 unspecified atom stereocenters. The van der Waals surface area contributed by atoms with E-state index in [1.54, 1.807) is 4.68 Å². The van der Waals surface area contributed by atoms with Gasteiger partial charge in [0, 0.05) is 13.0 Å². The number of fused-ring (bicyclic) bond motifs is 1. The summed E-state index contributed by atoms with van der Waals surface area (Å²) in [6, 6.07) is 2.73. The van der Waals surface area contributed by atoms with Gasteiger partial charge in [0.15, 0.2) is 17.5 Å². The fourth-order valence-electron chi connectivity index (χ4n) is 2.60. The van der Waals surface area contributed by atoms with Gasteiger partial charge in [0.2, 0.25) is 0 Å². The molecule has 1 aliphatic rings. The quantitative estimate of drug-likeness (QED) is 0.913. The average molecular weight is 321 g/mol. The average Bonchev–Trinajstić information content (AvgIpc) is 2.96. The van der Waals surface area contributed by atoms with Crippen LogP contribution in [0.1, 0.15) is 37.5 Å². The molecule has 2 amide bonds. The molecular formula is C15H17F2N5O. The Morgan fingerprint density at radius 3 is 3.04 bits per heavy atom. The molecule has 2 heterocycles. The Morgan fingerprint density at radius 2 is 2.26 bits per heavy atom. The number of carbonyl (C=O) groups excluding carboxylic acids is 1. The van der Waals surface area contributed by atoms with E-state index in [4.69, 9.17) is 0 Å². The van der Waals surface area contributed by atoms with E-state index in [1.807, 2.05) is 6.92 Å². The Balaban J connectivity index is 1.71. The maximum atomic E-state index is 13.6. The minimum atomic E-state index is -1.08. The smallest absolute Gasteiger partial charge is 0.319 e. The van der Waals surface area contributed by atoms with Crippen molar-refractivity contribution in [2.75, 3.05) is 5.32 Å². The van der Waals surface area contributed by atoms with Crippen LogP contribution >= 0.6 is 0 Å². The van der Waals surface area contributed by atoms with Crippen LogP contribution in [-0.2, 0) is 13.0 Å². The monoisotopic (exact) mass is 321 g/mol. The summed E-state index contributed by atoms with van der Waals surface area (Å²) in [5.74, 6) is -0.663. The molecule has 1 atom stereocenters. The van der Waals surface area contributed by atoms with Gasteiger partial charge in [-0.05, 0) is 25.0 Å². The number of urea groups is 1. The van der Waals surface area contributed by atoms with E-state index < -0.39 is 17.7 Å². The highest BCUT2D eigenvalue weighted by Crippen LogP contribution is 2.23. The van der Waals surface area contributed by atoms with Gasteiger partial charge in [-0.1, -0.05) is 13.0 Å². The predicted octanol–water partition coefficient (Wildman–Crippen LogP) is 2.78. The summed E-state index contributed by atoms with van der Waals surface area (Å²) in [5.41, 5.74) is -0.200. The van der Waals surface area contributed by atoms with Crippen LogP contribution in [0.15, 0.2) is 18.2 Å². The zero-order valence-electron chi connectivity index (χ0n) is 12.6. The third-order valence-corrected chi connectivity index (χ3v) is 3.74. The molecule has 0 spiro atoms. The Bertz CT molecular complexity index is 731. The number of hydrogen-bond donors (Lipinski definition) is 2. The highest BCUT2D eigenvalue weighted by molar-refractivity contribution is 5.89. The summed E-state index contributed by atoms with van der Waals surface area (Å²) >= 11 is 0. The number of aromatic nitrogens is 3. The van der Waals surface area contributed by atoms with Crippen LogP contribution in [0.3, 0.4) is 0 Å². The minimum Gasteiger partial charge on any atom is -0.328 e. The zero-order valence-corrected chi connectivity index (χ0v) is 12.6. The first kappa shape index (κ1) is 15.4. The van der Waals surface area contributed by atoms with Crippen molar-refractivity contribution in [1.29, 1.82) is 0 Å². The molecule has 0 saturated carbocycles. The lowest BCUT2D eigenvalue weighted by molar-refractivity contribution is 0.244. The van der Waals surface area contributed by atoms with Crippen LogP contribution in [0.4, 0.5) is 19.3 Å². The van der Waals surface area contributed by atoms with Crippen molar-refractivity contribution in [2.45, 2.75) is 38.8 Å². The van der Waals surface area contributed by atoms with E-state index >= 15 is 0 Å². The van der Waals surface area contributed by atoms with Gasteiger partial charge >= 0.3 is 6.03 Å². The van der Waals surface area contributed by atoms with Gasteiger partial charge < -0.3 is 10.6 Å². The second kappa shape index (κ2) is 6.31. The first-order valence-electron chi connectivity index (χ1n) is 7.53. The van der Waals surface area contributed by atoms with Crippen molar-refractivity contribution in [3.63, 3.8) is 0 Å². The van der Waals surface area contributed by atoms with E-state index in [9.17, 15) is 13.6 Å². The van der Waals surface area contributed by atoms with E-state index in [-0.39, 0.29) is 11.7 Å². The van der Waals surface area contributed by atoms with Crippen LogP contribution < -0.4 is 10.6 Å². The van der Waals surface area contributed by atoms with Gasteiger partial charge in [0.1, 0.15) is 5.82 Å². The third-order valence-electron chi connectivity index (χ3n) is 3.74. The van der Waals surface area contributed by atoms with Gasteiger partial charge in [0.05, 0.1) is 11.7 Å². The van der Waals surface area contributed by atoms with Gasteiger partial charge in [-0.2, -0.15) is 5.10 Å². The molecule has 1 aliphatic heterocycles. The number of nitrogens with zero attached hydrogens (tertiary/aromatic N) is 3. The summed E-state index contributed by atoms with van der Waals surface area (Å²) < 4.78 is 28.5. The van der Waals surface area contributed by atoms with E-state index in [0.717, 1.165) is 31.3 Å². The molecule has 2 aromatic rings. The Labute approximate surface area is 131 Å². The lowest BCUT2D eigenvalue weighted by Crippen LogP contribution is -2.36. The van der Waals surface area contributed by atoms with Crippen LogP contribution in [-0.4, -0.2) is 20.8 Å². The molecule has 0 saturated heterocycles. The SMILES string of the molecule is CCc1nc2n(n1)CCC[C@@H]2NC(=O)Nc1cccc(F)c1F. The van der Waals surface area contributed by atoms with Crippen molar-refractivity contribution in [1.82, 2.24) is 20.1 Å². The zero-order chi connectivity index (χ0) is 16.4. The molecule has 3 rings (SSSR count). The molecule has 1 aromatic heterocycles. The Morgan fingerprint density at radius 1 is 1.43 bits per heavy atom. The van der Waals surface area contributed by atoms with E-state index in [1.165, 1.54) is 12.1 Å². The first-order valence-corrected chi connectivity index (χ1v) is 7.53. The van der Waals surface area contributed by atoms with E-state index in [0.29, 0.717) is 12.2 Å². The van der Waals surface area contributed by atoms with Crippen molar-refractivity contribution >= 4 is 11.7 Å². The highest BCUT2D eigenvalue weighted by atomic mass is 19.2. The minimum absolute atomic E-state index is 0.200. The molecular weight excluding hydrogens is 304 g/mol. The number of anilines is 1. The number of aryl methyl sites for hydroxylation is 2. The van der Waals surface area contributed by atoms with Crippen molar-refractivity contribution in [3.8, 4) is 0 Å². The molecule has 6 nitrogen and oxygen atoms in total. The lowest BCUT2D eigenvalue weighted by atomic mass is 10.1. The maximum Gasteiger partial charge on any atom is 0.319 e. The highest BCUT2D eigenvalue weighted by Gasteiger charge is 2.25. The molecule has 0 bridgehead atoms. The topological polar surface area (TPSA) is 71.8 Å². The van der Waals surface area contributed by atoms with Crippen molar-refractivity contribution < 1.29 is 13.6 Å². The van der Waals surface area contributed by atoms with Crippen LogP contribution in [0, 0.1) is 11.6 Å². The Hall–Kier alpha value is -2.51. The molecule has 23 heavy (non-hydrogen) atoms. The molecule has 1 aromatic carbocycles. The molecule has 0 radical (unpaired) electrons. The molecule has 0 aliphatic carbocycles. The number of halogens is 2. The summed E-state index contributed by atoms with van der Waals surface area (Å²) in [7, 11) is 0. The van der Waals surface area contributed by atoms with E-state index in [2.05, 4.69) is 20.7 Å². The molecule has 122 valence electrons. The largest absolute Gasteiger partial charge is 0.328 e. The molecule has 0 fully saturated rings. The normalized spacial score (nSPS) is 16.7. The third kappa shape index (κ3) is 3.15. The predicted molar refractivity (Wildman–Crippen MR) is 79.9 cm³/mol. The summed E-state index contributed by atoms with van der Waals surface area (Å²) in [6.45, 7) is 2.73. The number of carbonyl (C=O) groups is 1. The second-order valence-electron chi connectivity index (χ2n) is 5.36. The fraction of sp³-hybridized carbons (Fsp3) is 0.400. The second-order valence-corrected chi connectivity index (χ2v) is 5.36. The number of amides is 2. The fourth-order valence-corrected chi connectivity index (χ4v) is 2.60. The standard InChI is InChI=1S/C15H17F2N5O/c1-2-12-20-14-11(7-4-8-22(14)21-12)19-15(23)18-10-6-3-5-9(16)13(10)17/h3,5-6,11H,2,4,7-8H2,1H3,(H2,18,19,23)/t11-/m0/s1. The van der Waals surface area contributed by atoms with Gasteiger partial charge in [-0.25, -0.2) is 23.2 Å². The molecule has 2 N–H and O–H groups in total. The number of benzene rings is 1. The van der Waals surface area contributed by atoms with Crippen LogP contribution in [0.2, 0.25) is 0 Å². The van der Waals surface area contributed by atoms with Gasteiger partial charge in [-0.3, -0.25) is 0 Å². The number of rotatable bonds is 3. The van der Waals surface area contributed by atoms with Crippen molar-refractivity contribution in [2.24, 2.45) is 0 Å². The van der Waals surface area contributed by atoms with Gasteiger partial charge in [-0.15, -0.1) is 0 Å². The summed E-state index contributed by atoms with van der Waals surface area (Å²) in [6.07, 6.45) is 2.30. The van der Waals surface area contributed by atoms with Crippen LogP contribution in [0.5, 0.6) is 0 Å². The van der Waals surface area contributed by atoms with Crippen LogP contribution in [0.25, 0.3) is 0 Å².